The first-order valence-electron chi connectivity index (χ1n) is 18.1. The Hall–Kier alpha value is -6.95. The minimum atomic E-state index is 0.635. The van der Waals surface area contributed by atoms with Gasteiger partial charge in [-0.1, -0.05) is 133 Å². The maximum Gasteiger partial charge on any atom is 0.164 e. The zero-order valence-corrected chi connectivity index (χ0v) is 29.6. The van der Waals surface area contributed by atoms with Crippen LogP contribution < -0.4 is 0 Å². The number of hydrogen-bond donors (Lipinski definition) is 0. The van der Waals surface area contributed by atoms with Crippen LogP contribution in [0.3, 0.4) is 0 Å². The van der Waals surface area contributed by atoms with Crippen LogP contribution in [0.15, 0.2) is 168 Å². The number of hydrogen-bond acceptors (Lipinski definition) is 5. The molecule has 0 amide bonds. The molecule has 0 unspecified atom stereocenters. The van der Waals surface area contributed by atoms with E-state index in [2.05, 4.69) is 146 Å². The lowest BCUT2D eigenvalue weighted by Crippen LogP contribution is -2.00. The van der Waals surface area contributed by atoms with E-state index in [4.69, 9.17) is 19.4 Å². The summed E-state index contributed by atoms with van der Waals surface area (Å²) in [5.41, 5.74) is 11.9. The Labute approximate surface area is 313 Å². The molecule has 8 aromatic carbocycles. The molecule has 54 heavy (non-hydrogen) atoms. The maximum absolute atomic E-state index is 6.21. The lowest BCUT2D eigenvalue weighted by molar-refractivity contribution is 0.669. The molecule has 0 radical (unpaired) electrons. The highest BCUT2D eigenvalue weighted by molar-refractivity contribution is 7.25. The monoisotopic (exact) mass is 705 g/mol. The van der Waals surface area contributed by atoms with Gasteiger partial charge in [0.2, 0.25) is 0 Å². The van der Waals surface area contributed by atoms with Gasteiger partial charge in [-0.25, -0.2) is 15.0 Å². The summed E-state index contributed by atoms with van der Waals surface area (Å²) in [4.78, 5) is 15.7. The van der Waals surface area contributed by atoms with Crippen LogP contribution in [0.1, 0.15) is 0 Å². The van der Waals surface area contributed by atoms with Gasteiger partial charge in [0.25, 0.3) is 0 Å². The second-order valence-corrected chi connectivity index (χ2v) is 15.0. The van der Waals surface area contributed by atoms with Crippen LogP contribution in [-0.4, -0.2) is 15.0 Å². The standard InChI is InChI=1S/C49H27N3OS/c1-3-17-40-36(11-1)45-32(13-7-18-41(45)53-40)28-21-23-30(24-22-28)47-50-48(31-25-26-33-34-14-5-9-29-10-6-15-35(44(29)34)39(33)27-31)52-49(51-47)38-16-8-20-43-46(38)37-12-2-4-19-42(37)54-43/h1-27H. The average molecular weight is 706 g/mol. The number of fused-ring (bicyclic) bond motifs is 9. The zero-order chi connectivity index (χ0) is 35.3. The van der Waals surface area contributed by atoms with Crippen molar-refractivity contribution in [2.24, 2.45) is 0 Å². The molecule has 0 aliphatic heterocycles. The second-order valence-electron chi connectivity index (χ2n) is 13.9. The van der Waals surface area contributed by atoms with Crippen molar-refractivity contribution in [3.05, 3.63) is 164 Å². The molecule has 11 aromatic rings. The summed E-state index contributed by atoms with van der Waals surface area (Å²) in [6, 6.07) is 57.9. The van der Waals surface area contributed by atoms with Crippen molar-refractivity contribution < 1.29 is 4.42 Å². The molecule has 0 spiro atoms. The van der Waals surface area contributed by atoms with E-state index in [9.17, 15) is 0 Å². The first-order chi connectivity index (χ1) is 26.7. The van der Waals surface area contributed by atoms with Gasteiger partial charge < -0.3 is 4.42 Å². The van der Waals surface area contributed by atoms with E-state index in [-0.39, 0.29) is 0 Å². The molecule has 0 saturated heterocycles. The van der Waals surface area contributed by atoms with Gasteiger partial charge in [-0.05, 0) is 74.5 Å². The molecule has 0 saturated carbocycles. The molecular weight excluding hydrogens is 679 g/mol. The zero-order valence-electron chi connectivity index (χ0n) is 28.7. The molecule has 1 aliphatic rings. The number of thiophene rings is 1. The smallest absolute Gasteiger partial charge is 0.164 e. The van der Waals surface area contributed by atoms with E-state index in [1.165, 1.54) is 53.2 Å². The number of benzene rings is 8. The molecule has 0 atom stereocenters. The highest BCUT2D eigenvalue weighted by Gasteiger charge is 2.23. The predicted molar refractivity (Wildman–Crippen MR) is 224 cm³/mol. The Morgan fingerprint density at radius 3 is 1.83 bits per heavy atom. The summed E-state index contributed by atoms with van der Waals surface area (Å²) >= 11 is 1.80. The van der Waals surface area contributed by atoms with E-state index in [0.717, 1.165) is 49.8 Å². The van der Waals surface area contributed by atoms with Gasteiger partial charge in [-0.15, -0.1) is 11.3 Å². The van der Waals surface area contributed by atoms with Gasteiger partial charge >= 0.3 is 0 Å². The van der Waals surface area contributed by atoms with Gasteiger partial charge in [-0.2, -0.15) is 0 Å². The molecule has 1 aliphatic carbocycles. The molecule has 250 valence electrons. The third-order valence-corrected chi connectivity index (χ3v) is 12.0. The van der Waals surface area contributed by atoms with E-state index >= 15 is 0 Å². The van der Waals surface area contributed by atoms with Gasteiger partial charge in [0, 0.05) is 47.6 Å². The fourth-order valence-electron chi connectivity index (χ4n) is 8.46. The molecule has 0 bridgehead atoms. The minimum Gasteiger partial charge on any atom is -0.456 e. The number of furan rings is 1. The van der Waals surface area contributed by atoms with Gasteiger partial charge in [-0.3, -0.25) is 0 Å². The van der Waals surface area contributed by atoms with Crippen molar-refractivity contribution in [2.45, 2.75) is 0 Å². The van der Waals surface area contributed by atoms with Gasteiger partial charge in [0.15, 0.2) is 17.5 Å². The van der Waals surface area contributed by atoms with Crippen molar-refractivity contribution >= 4 is 64.2 Å². The van der Waals surface area contributed by atoms with E-state index in [0.29, 0.717) is 17.5 Å². The van der Waals surface area contributed by atoms with Crippen LogP contribution in [0.4, 0.5) is 0 Å². The average Bonchev–Trinajstić information content (AvgIpc) is 3.91. The Balaban J connectivity index is 1.04. The summed E-state index contributed by atoms with van der Waals surface area (Å²) in [5, 5.41) is 7.18. The maximum atomic E-state index is 6.21. The molecule has 12 rings (SSSR count). The lowest BCUT2D eigenvalue weighted by Gasteiger charge is -2.11. The SMILES string of the molecule is c1cc2c3c(cccc3c1)-c1cc(-c3nc(-c4ccc(-c5cccc6oc7ccccc7c56)cc4)nc(-c4cccc5sc6ccccc6c45)n3)ccc1-2. The summed E-state index contributed by atoms with van der Waals surface area (Å²) in [6.07, 6.45) is 0. The summed E-state index contributed by atoms with van der Waals surface area (Å²) in [5.74, 6) is 1.95. The van der Waals surface area contributed by atoms with Crippen LogP contribution in [0, 0.1) is 0 Å². The Morgan fingerprint density at radius 1 is 0.352 bits per heavy atom. The highest BCUT2D eigenvalue weighted by atomic mass is 32.1. The third-order valence-electron chi connectivity index (χ3n) is 10.9. The Kier molecular flexibility index (Phi) is 6.18. The Morgan fingerprint density at radius 2 is 0.963 bits per heavy atom. The number of para-hydroxylation sites is 1. The van der Waals surface area contributed by atoms with Crippen molar-refractivity contribution in [3.63, 3.8) is 0 Å². The van der Waals surface area contributed by atoms with Gasteiger partial charge in [0.1, 0.15) is 11.2 Å². The topological polar surface area (TPSA) is 51.8 Å². The fourth-order valence-corrected chi connectivity index (χ4v) is 9.59. The van der Waals surface area contributed by atoms with Crippen LogP contribution >= 0.6 is 11.3 Å². The molecule has 3 aromatic heterocycles. The lowest BCUT2D eigenvalue weighted by atomic mass is 9.98. The van der Waals surface area contributed by atoms with Crippen molar-refractivity contribution in [3.8, 4) is 67.5 Å². The van der Waals surface area contributed by atoms with Crippen molar-refractivity contribution in [1.29, 1.82) is 0 Å². The largest absolute Gasteiger partial charge is 0.456 e. The Bertz CT molecular complexity index is 3330. The summed E-state index contributed by atoms with van der Waals surface area (Å²) in [7, 11) is 0. The second kappa shape index (κ2) is 11.3. The first kappa shape index (κ1) is 29.6. The number of rotatable bonds is 4. The third kappa shape index (κ3) is 4.33. The molecule has 0 N–H and O–H groups in total. The quantitative estimate of drug-likeness (QED) is 0.183. The predicted octanol–water partition coefficient (Wildman–Crippen LogP) is 13.6. The fraction of sp³-hybridized carbons (Fsp3) is 0. The summed E-state index contributed by atoms with van der Waals surface area (Å²) in [6.45, 7) is 0. The summed E-state index contributed by atoms with van der Waals surface area (Å²) < 4.78 is 8.67. The molecule has 0 fully saturated rings. The normalized spacial score (nSPS) is 12.1. The minimum absolute atomic E-state index is 0.635. The number of aromatic nitrogens is 3. The molecular formula is C49H27N3OS. The van der Waals surface area contributed by atoms with Crippen molar-refractivity contribution in [2.75, 3.05) is 0 Å². The van der Waals surface area contributed by atoms with E-state index in [1.807, 2.05) is 18.2 Å². The van der Waals surface area contributed by atoms with E-state index in [1.54, 1.807) is 11.3 Å². The van der Waals surface area contributed by atoms with Gasteiger partial charge in [0.05, 0.1) is 0 Å². The molecule has 5 heteroatoms. The van der Waals surface area contributed by atoms with E-state index < -0.39 is 0 Å². The van der Waals surface area contributed by atoms with Crippen LogP contribution in [-0.2, 0) is 0 Å². The molecule has 4 nitrogen and oxygen atoms in total. The first-order valence-corrected chi connectivity index (χ1v) is 18.9. The molecule has 3 heterocycles. The highest BCUT2D eigenvalue weighted by Crippen LogP contribution is 2.48. The number of nitrogens with zero attached hydrogens (tertiary/aromatic N) is 3. The van der Waals surface area contributed by atoms with Crippen LogP contribution in [0.2, 0.25) is 0 Å². The van der Waals surface area contributed by atoms with Crippen LogP contribution in [0.25, 0.3) is 120 Å². The van der Waals surface area contributed by atoms with Crippen LogP contribution in [0.5, 0.6) is 0 Å². The van der Waals surface area contributed by atoms with Crippen molar-refractivity contribution in [1.82, 2.24) is 15.0 Å².